The monoisotopic (exact) mass is 547 g/mol. The lowest BCUT2D eigenvalue weighted by Crippen LogP contribution is -2.54. The van der Waals surface area contributed by atoms with E-state index in [0.29, 0.717) is 16.1 Å². The van der Waals surface area contributed by atoms with Crippen molar-refractivity contribution in [3.05, 3.63) is 105 Å². The van der Waals surface area contributed by atoms with E-state index in [0.717, 1.165) is 11.0 Å². The second-order valence-corrected chi connectivity index (χ2v) is 8.39. The van der Waals surface area contributed by atoms with Crippen molar-refractivity contribution >= 4 is 58.9 Å². The van der Waals surface area contributed by atoms with Crippen LogP contribution in [0.15, 0.2) is 78.4 Å². The number of barbiturate groups is 1. The summed E-state index contributed by atoms with van der Waals surface area (Å²) in [6.45, 7) is 0. The van der Waals surface area contributed by atoms with E-state index in [9.17, 15) is 29.3 Å². The van der Waals surface area contributed by atoms with Crippen LogP contribution in [-0.4, -0.2) is 35.8 Å². The number of hydrogen-bond acceptors (Lipinski definition) is 8. The summed E-state index contributed by atoms with van der Waals surface area (Å²) < 4.78 is 10.6. The summed E-state index contributed by atoms with van der Waals surface area (Å²) in [5.41, 5.74) is 0.566. The number of imide groups is 2. The number of halogens is 1. The lowest BCUT2D eigenvalue weighted by Gasteiger charge is -2.26. The Bertz CT molecular complexity index is 1560. The van der Waals surface area contributed by atoms with Gasteiger partial charge in [0.05, 0.1) is 17.7 Å². The van der Waals surface area contributed by atoms with Crippen LogP contribution in [0.1, 0.15) is 11.1 Å². The first-order chi connectivity index (χ1) is 18.7. The number of nitrogens with one attached hydrogen (secondary N) is 1. The number of anilines is 1. The summed E-state index contributed by atoms with van der Waals surface area (Å²) in [4.78, 5) is 61.3. The maximum Gasteiger partial charge on any atom is 0.336 e. The van der Waals surface area contributed by atoms with Crippen LogP contribution in [0.5, 0.6) is 11.5 Å². The van der Waals surface area contributed by atoms with Crippen molar-refractivity contribution in [3.63, 3.8) is 0 Å². The third-order valence-electron chi connectivity index (χ3n) is 5.39. The van der Waals surface area contributed by atoms with E-state index in [1.54, 1.807) is 6.07 Å². The second kappa shape index (κ2) is 11.4. The number of amides is 4. The van der Waals surface area contributed by atoms with Crippen molar-refractivity contribution in [3.8, 4) is 11.5 Å². The van der Waals surface area contributed by atoms with Crippen molar-refractivity contribution in [2.45, 2.75) is 0 Å². The number of methoxy groups -OCH3 is 1. The van der Waals surface area contributed by atoms with Crippen LogP contribution in [0, 0.1) is 10.1 Å². The second-order valence-electron chi connectivity index (χ2n) is 7.95. The predicted octanol–water partition coefficient (Wildman–Crippen LogP) is 4.54. The van der Waals surface area contributed by atoms with E-state index in [2.05, 4.69) is 5.32 Å². The molecule has 3 aromatic rings. The van der Waals surface area contributed by atoms with Crippen LogP contribution in [0.4, 0.5) is 16.2 Å². The highest BCUT2D eigenvalue weighted by atomic mass is 35.5. The number of urea groups is 1. The topological polar surface area (TPSA) is 145 Å². The molecule has 0 unspecified atom stereocenters. The van der Waals surface area contributed by atoms with Gasteiger partial charge in [-0.25, -0.2) is 14.5 Å². The molecule has 39 heavy (non-hydrogen) atoms. The first-order valence-electron chi connectivity index (χ1n) is 11.2. The Labute approximate surface area is 226 Å². The van der Waals surface area contributed by atoms with Crippen molar-refractivity contribution in [2.24, 2.45) is 0 Å². The van der Waals surface area contributed by atoms with Crippen LogP contribution in [0.3, 0.4) is 0 Å². The molecule has 1 N–H and O–H groups in total. The van der Waals surface area contributed by atoms with Crippen molar-refractivity contribution < 1.29 is 33.6 Å². The van der Waals surface area contributed by atoms with Crippen LogP contribution >= 0.6 is 11.6 Å². The third kappa shape index (κ3) is 6.17. The molecule has 4 amide bonds. The van der Waals surface area contributed by atoms with E-state index >= 15 is 0 Å². The van der Waals surface area contributed by atoms with Crippen LogP contribution < -0.4 is 19.7 Å². The Morgan fingerprint density at radius 1 is 1.00 bits per heavy atom. The highest BCUT2D eigenvalue weighted by molar-refractivity contribution is 6.39. The molecule has 1 saturated heterocycles. The lowest BCUT2D eigenvalue weighted by molar-refractivity contribution is -0.384. The van der Waals surface area contributed by atoms with Gasteiger partial charge in [0.1, 0.15) is 5.57 Å². The van der Waals surface area contributed by atoms with E-state index in [4.69, 9.17) is 21.1 Å². The van der Waals surface area contributed by atoms with E-state index in [-0.39, 0.29) is 28.4 Å². The number of nitro benzene ring substituents is 1. The first kappa shape index (κ1) is 26.8. The zero-order valence-electron chi connectivity index (χ0n) is 20.1. The van der Waals surface area contributed by atoms with Gasteiger partial charge in [-0.05, 0) is 59.7 Å². The molecule has 0 radical (unpaired) electrons. The van der Waals surface area contributed by atoms with Gasteiger partial charge in [0.15, 0.2) is 11.5 Å². The van der Waals surface area contributed by atoms with Crippen molar-refractivity contribution in [2.75, 3.05) is 12.0 Å². The van der Waals surface area contributed by atoms with Crippen LogP contribution in [0.2, 0.25) is 5.02 Å². The number of carbonyl (C=O) groups is 4. The Hall–Kier alpha value is -5.29. The summed E-state index contributed by atoms with van der Waals surface area (Å²) >= 11 is 5.88. The average Bonchev–Trinajstić information content (AvgIpc) is 2.91. The van der Waals surface area contributed by atoms with Crippen LogP contribution in [0.25, 0.3) is 12.2 Å². The molecule has 1 fully saturated rings. The Morgan fingerprint density at radius 3 is 2.44 bits per heavy atom. The van der Waals surface area contributed by atoms with Gasteiger partial charge in [-0.3, -0.25) is 25.0 Å². The largest absolute Gasteiger partial charge is 0.493 e. The van der Waals surface area contributed by atoms with E-state index < -0.39 is 28.7 Å². The molecule has 4 rings (SSSR count). The molecule has 0 atom stereocenters. The minimum atomic E-state index is -0.900. The Balaban J connectivity index is 1.54. The molecule has 196 valence electrons. The molecular formula is C27H18ClN3O8. The van der Waals surface area contributed by atoms with Gasteiger partial charge in [-0.2, -0.15) is 0 Å². The highest BCUT2D eigenvalue weighted by Gasteiger charge is 2.36. The minimum absolute atomic E-state index is 0.0470. The maximum absolute atomic E-state index is 13.0. The number of non-ortho nitro benzene ring substituents is 1. The van der Waals surface area contributed by atoms with Gasteiger partial charge in [-0.15, -0.1) is 0 Å². The number of nitro groups is 1. The SMILES string of the molecule is COc1cc(/C=C2\C(=O)NC(=O)N(c3ccc(Cl)cc3)C2=O)ccc1OC(=O)/C=C/c1cccc([N+](=O)[O-])c1. The number of ether oxygens (including phenoxy) is 2. The quantitative estimate of drug-likeness (QED) is 0.113. The van der Waals surface area contributed by atoms with Gasteiger partial charge < -0.3 is 9.47 Å². The number of hydrogen-bond donors (Lipinski definition) is 1. The molecule has 12 heteroatoms. The van der Waals surface area contributed by atoms with Crippen molar-refractivity contribution in [1.82, 2.24) is 5.32 Å². The highest BCUT2D eigenvalue weighted by Crippen LogP contribution is 2.30. The van der Waals surface area contributed by atoms with Gasteiger partial charge in [0.2, 0.25) is 0 Å². The van der Waals surface area contributed by atoms with Gasteiger partial charge in [-0.1, -0.05) is 29.8 Å². The summed E-state index contributed by atoms with van der Waals surface area (Å²) in [6.07, 6.45) is 3.73. The number of benzene rings is 3. The molecular weight excluding hydrogens is 530 g/mol. The van der Waals surface area contributed by atoms with Crippen molar-refractivity contribution in [1.29, 1.82) is 0 Å². The fourth-order valence-corrected chi connectivity index (χ4v) is 3.68. The molecule has 0 bridgehead atoms. The smallest absolute Gasteiger partial charge is 0.336 e. The van der Waals surface area contributed by atoms with Gasteiger partial charge in [0.25, 0.3) is 17.5 Å². The zero-order chi connectivity index (χ0) is 28.1. The molecule has 0 aliphatic carbocycles. The lowest BCUT2D eigenvalue weighted by atomic mass is 10.1. The molecule has 1 heterocycles. The molecule has 1 aliphatic heterocycles. The molecule has 11 nitrogen and oxygen atoms in total. The maximum atomic E-state index is 13.0. The number of rotatable bonds is 7. The molecule has 0 aromatic heterocycles. The summed E-state index contributed by atoms with van der Waals surface area (Å²) in [6, 6.07) is 15.1. The fraction of sp³-hybridized carbons (Fsp3) is 0.0370. The van der Waals surface area contributed by atoms with Gasteiger partial charge >= 0.3 is 12.0 Å². The zero-order valence-corrected chi connectivity index (χ0v) is 20.9. The number of carbonyl (C=O) groups excluding carboxylic acids is 4. The Morgan fingerprint density at radius 2 is 1.74 bits per heavy atom. The molecule has 1 aliphatic rings. The predicted molar refractivity (Wildman–Crippen MR) is 141 cm³/mol. The van der Waals surface area contributed by atoms with E-state index in [1.165, 1.54) is 79.9 Å². The third-order valence-corrected chi connectivity index (χ3v) is 5.64. The normalized spacial score (nSPS) is 14.5. The first-order valence-corrected chi connectivity index (χ1v) is 11.5. The summed E-state index contributed by atoms with van der Waals surface area (Å²) in [5, 5.41) is 13.4. The van der Waals surface area contributed by atoms with Crippen LogP contribution in [-0.2, 0) is 14.4 Å². The molecule has 0 saturated carbocycles. The Kier molecular flexibility index (Phi) is 7.82. The minimum Gasteiger partial charge on any atom is -0.493 e. The molecule has 0 spiro atoms. The molecule has 3 aromatic carbocycles. The number of nitrogens with zero attached hydrogens (tertiary/aromatic N) is 2. The van der Waals surface area contributed by atoms with E-state index in [1.807, 2.05) is 0 Å². The van der Waals surface area contributed by atoms with Gasteiger partial charge in [0, 0.05) is 23.2 Å². The average molecular weight is 548 g/mol. The number of esters is 1. The fourth-order valence-electron chi connectivity index (χ4n) is 3.56. The summed E-state index contributed by atoms with van der Waals surface area (Å²) in [7, 11) is 1.34. The summed E-state index contributed by atoms with van der Waals surface area (Å²) in [5.74, 6) is -2.32. The standard InChI is InChI=1S/C27H18ClN3O8/c1-38-23-15-17(5-11-22(23)39-24(32)12-6-16-3-2-4-20(13-16)31(36)37)14-21-25(33)29-27(35)30(26(21)34)19-9-7-18(28)8-10-19/h2-15H,1H3,(H,29,33,35)/b12-6+,21-14+.